The average molecular weight is 270 g/mol. The normalized spacial score (nSPS) is 26.3. The van der Waals surface area contributed by atoms with Gasteiger partial charge in [0.1, 0.15) is 6.61 Å². The van der Waals surface area contributed by atoms with Gasteiger partial charge in [-0.2, -0.15) is 0 Å². The van der Waals surface area contributed by atoms with Gasteiger partial charge in [-0.15, -0.1) is 12.4 Å². The molecule has 18 heavy (non-hydrogen) atoms. The summed E-state index contributed by atoms with van der Waals surface area (Å²) in [6.45, 7) is 1.97. The van der Waals surface area contributed by atoms with Gasteiger partial charge in [0.15, 0.2) is 11.5 Å². The van der Waals surface area contributed by atoms with Crippen LogP contribution in [0.25, 0.3) is 0 Å². The largest absolute Gasteiger partial charge is 0.493 e. The summed E-state index contributed by atoms with van der Waals surface area (Å²) in [5.41, 5.74) is 1.33. The van der Waals surface area contributed by atoms with E-state index in [2.05, 4.69) is 24.1 Å². The van der Waals surface area contributed by atoms with Gasteiger partial charge in [0.2, 0.25) is 0 Å². The zero-order chi connectivity index (χ0) is 11.8. The highest BCUT2D eigenvalue weighted by atomic mass is 35.5. The summed E-state index contributed by atoms with van der Waals surface area (Å²) in [7, 11) is 3.91. The van der Waals surface area contributed by atoms with Crippen LogP contribution in [0.2, 0.25) is 0 Å². The molecule has 0 aliphatic carbocycles. The van der Waals surface area contributed by atoms with Crippen molar-refractivity contribution in [1.29, 1.82) is 0 Å². The molecule has 0 spiro atoms. The molecule has 100 valence electrons. The molecule has 0 saturated carbocycles. The number of para-hydroxylation sites is 1. The van der Waals surface area contributed by atoms with Crippen molar-refractivity contribution >= 4 is 12.4 Å². The van der Waals surface area contributed by atoms with E-state index in [1.54, 1.807) is 7.11 Å². The second kappa shape index (κ2) is 5.37. The summed E-state index contributed by atoms with van der Waals surface area (Å²) in [6, 6.07) is 6.76. The predicted molar refractivity (Wildman–Crippen MR) is 74.1 cm³/mol. The first kappa shape index (κ1) is 13.5. The summed E-state index contributed by atoms with van der Waals surface area (Å²) < 4.78 is 11.3. The number of likely N-dealkylation sites (tertiary alicyclic amines) is 1. The molecule has 3 nitrogen and oxygen atoms in total. The lowest BCUT2D eigenvalue weighted by Gasteiger charge is -2.42. The molecule has 4 heteroatoms. The number of rotatable bonds is 1. The Morgan fingerprint density at radius 3 is 3.00 bits per heavy atom. The molecular weight excluding hydrogens is 250 g/mol. The predicted octanol–water partition coefficient (Wildman–Crippen LogP) is 2.69. The Morgan fingerprint density at radius 2 is 2.22 bits per heavy atom. The maximum absolute atomic E-state index is 5.92. The van der Waals surface area contributed by atoms with E-state index in [4.69, 9.17) is 9.47 Å². The third kappa shape index (κ3) is 2.06. The summed E-state index contributed by atoms with van der Waals surface area (Å²) in [5.74, 6) is 2.44. The fraction of sp³-hybridized carbons (Fsp3) is 0.571. The monoisotopic (exact) mass is 269 g/mol. The molecule has 2 aliphatic heterocycles. The van der Waals surface area contributed by atoms with Gasteiger partial charge in [-0.3, -0.25) is 4.90 Å². The Morgan fingerprint density at radius 1 is 1.39 bits per heavy atom. The number of nitrogens with zero attached hydrogens (tertiary/aromatic N) is 1. The van der Waals surface area contributed by atoms with Gasteiger partial charge >= 0.3 is 0 Å². The Hall–Kier alpha value is -0.930. The highest BCUT2D eigenvalue weighted by molar-refractivity contribution is 5.85. The Bertz CT molecular complexity index is 424. The topological polar surface area (TPSA) is 21.7 Å². The second-order valence-corrected chi connectivity index (χ2v) is 4.99. The van der Waals surface area contributed by atoms with E-state index in [1.165, 1.54) is 24.9 Å². The van der Waals surface area contributed by atoms with E-state index in [0.29, 0.717) is 12.0 Å². The van der Waals surface area contributed by atoms with Gasteiger partial charge in [-0.05, 0) is 32.5 Å². The molecule has 0 N–H and O–H groups in total. The van der Waals surface area contributed by atoms with Crippen LogP contribution in [0.1, 0.15) is 24.3 Å². The molecule has 2 aliphatic rings. The molecule has 3 rings (SSSR count). The number of ether oxygens (including phenoxy) is 2. The number of likely N-dealkylation sites (N-methyl/N-ethyl adjacent to an activating group) is 1. The van der Waals surface area contributed by atoms with Crippen LogP contribution in [-0.2, 0) is 0 Å². The summed E-state index contributed by atoms with van der Waals surface area (Å²) in [6.07, 6.45) is 2.53. The van der Waals surface area contributed by atoms with E-state index in [1.807, 2.05) is 6.07 Å². The number of halogens is 1. The Balaban J connectivity index is 0.00000120. The van der Waals surface area contributed by atoms with Gasteiger partial charge in [0.05, 0.1) is 13.2 Å². The fourth-order valence-electron chi connectivity index (χ4n) is 3.14. The quantitative estimate of drug-likeness (QED) is 0.782. The fourth-order valence-corrected chi connectivity index (χ4v) is 3.14. The SMILES string of the molecule is COc1cccc2c1OCC1C2CCCN1C.Cl. The zero-order valence-corrected chi connectivity index (χ0v) is 11.7. The van der Waals surface area contributed by atoms with Gasteiger partial charge < -0.3 is 9.47 Å². The molecule has 1 saturated heterocycles. The third-order valence-corrected chi connectivity index (χ3v) is 4.08. The third-order valence-electron chi connectivity index (χ3n) is 4.08. The van der Waals surface area contributed by atoms with Crippen molar-refractivity contribution in [1.82, 2.24) is 4.90 Å². The van der Waals surface area contributed by atoms with Crippen LogP contribution in [0.5, 0.6) is 11.5 Å². The molecule has 1 aromatic rings. The number of methoxy groups -OCH3 is 1. The first-order chi connectivity index (χ1) is 8.31. The molecule has 2 heterocycles. The van der Waals surface area contributed by atoms with Crippen molar-refractivity contribution < 1.29 is 9.47 Å². The minimum Gasteiger partial charge on any atom is -0.493 e. The van der Waals surface area contributed by atoms with E-state index in [-0.39, 0.29) is 12.4 Å². The first-order valence-electron chi connectivity index (χ1n) is 6.31. The van der Waals surface area contributed by atoms with Crippen LogP contribution < -0.4 is 9.47 Å². The van der Waals surface area contributed by atoms with Crippen LogP contribution in [0.15, 0.2) is 18.2 Å². The molecule has 0 amide bonds. The standard InChI is InChI=1S/C14H19NO2.ClH/c1-15-8-4-6-10-11-5-3-7-13(16-2)14(11)17-9-12(10)15;/h3,5,7,10,12H,4,6,8-9H2,1-2H3;1H. The van der Waals surface area contributed by atoms with Crippen molar-refractivity contribution in [2.45, 2.75) is 24.8 Å². The van der Waals surface area contributed by atoms with Crippen LogP contribution >= 0.6 is 12.4 Å². The molecule has 2 atom stereocenters. The maximum atomic E-state index is 5.92. The number of benzene rings is 1. The van der Waals surface area contributed by atoms with Crippen molar-refractivity contribution in [3.63, 3.8) is 0 Å². The lowest BCUT2D eigenvalue weighted by Crippen LogP contribution is -2.47. The minimum absolute atomic E-state index is 0. The Labute approximate surface area is 114 Å². The van der Waals surface area contributed by atoms with Gasteiger partial charge in [0, 0.05) is 11.5 Å². The molecular formula is C14H20ClNO2. The molecule has 0 aromatic heterocycles. The van der Waals surface area contributed by atoms with Crippen molar-refractivity contribution in [3.05, 3.63) is 23.8 Å². The van der Waals surface area contributed by atoms with Crippen molar-refractivity contribution in [2.75, 3.05) is 27.3 Å². The van der Waals surface area contributed by atoms with Gasteiger partial charge in [0.25, 0.3) is 0 Å². The molecule has 1 aromatic carbocycles. The summed E-state index contributed by atoms with van der Waals surface area (Å²) in [4.78, 5) is 2.43. The minimum atomic E-state index is 0. The second-order valence-electron chi connectivity index (χ2n) is 4.99. The van der Waals surface area contributed by atoms with Crippen molar-refractivity contribution in [2.24, 2.45) is 0 Å². The maximum Gasteiger partial charge on any atom is 0.164 e. The lowest BCUT2D eigenvalue weighted by molar-refractivity contribution is 0.0848. The summed E-state index contributed by atoms with van der Waals surface area (Å²) in [5, 5.41) is 0. The van der Waals surface area contributed by atoms with Crippen LogP contribution in [0.3, 0.4) is 0 Å². The average Bonchev–Trinajstić information content (AvgIpc) is 2.38. The smallest absolute Gasteiger partial charge is 0.164 e. The number of hydrogen-bond acceptors (Lipinski definition) is 3. The van der Waals surface area contributed by atoms with E-state index in [9.17, 15) is 0 Å². The van der Waals surface area contributed by atoms with E-state index in [0.717, 1.165) is 18.1 Å². The molecule has 1 fully saturated rings. The number of hydrogen-bond donors (Lipinski definition) is 0. The summed E-state index contributed by atoms with van der Waals surface area (Å²) >= 11 is 0. The molecule has 2 unspecified atom stereocenters. The number of fused-ring (bicyclic) bond motifs is 3. The van der Waals surface area contributed by atoms with Crippen LogP contribution in [0.4, 0.5) is 0 Å². The van der Waals surface area contributed by atoms with Gasteiger partial charge in [-0.25, -0.2) is 0 Å². The molecule has 0 bridgehead atoms. The highest BCUT2D eigenvalue weighted by Crippen LogP contribution is 2.44. The van der Waals surface area contributed by atoms with Gasteiger partial charge in [-0.1, -0.05) is 12.1 Å². The first-order valence-corrected chi connectivity index (χ1v) is 6.31. The Kier molecular flexibility index (Phi) is 4.03. The van der Waals surface area contributed by atoms with Crippen molar-refractivity contribution in [3.8, 4) is 11.5 Å². The highest BCUT2D eigenvalue weighted by Gasteiger charge is 2.36. The number of piperidine rings is 1. The zero-order valence-electron chi connectivity index (χ0n) is 10.9. The van der Waals surface area contributed by atoms with Crippen LogP contribution in [-0.4, -0.2) is 38.3 Å². The van der Waals surface area contributed by atoms with Crippen LogP contribution in [0, 0.1) is 0 Å². The van der Waals surface area contributed by atoms with E-state index < -0.39 is 0 Å². The lowest BCUT2D eigenvalue weighted by atomic mass is 9.82. The van der Waals surface area contributed by atoms with E-state index >= 15 is 0 Å². The molecule has 0 radical (unpaired) electrons.